The zero-order valence-electron chi connectivity index (χ0n) is 16.4. The average molecular weight is 368 g/mol. The van der Waals surface area contributed by atoms with Crippen molar-refractivity contribution in [2.75, 3.05) is 5.32 Å². The lowest BCUT2D eigenvalue weighted by atomic mass is 9.90. The van der Waals surface area contributed by atoms with Crippen LogP contribution in [0.5, 0.6) is 0 Å². The van der Waals surface area contributed by atoms with Gasteiger partial charge in [0.2, 0.25) is 5.91 Å². The van der Waals surface area contributed by atoms with Crippen molar-refractivity contribution in [1.29, 1.82) is 0 Å². The molecule has 1 amide bonds. The average Bonchev–Trinajstić information content (AvgIpc) is 2.91. The molecule has 1 aromatic carbocycles. The number of benzene rings is 1. The van der Waals surface area contributed by atoms with Crippen LogP contribution in [0.15, 0.2) is 30.6 Å². The summed E-state index contributed by atoms with van der Waals surface area (Å²) in [6.07, 6.45) is 4.79. The molecule has 6 heteroatoms. The van der Waals surface area contributed by atoms with Crippen LogP contribution in [0.3, 0.4) is 0 Å². The van der Waals surface area contributed by atoms with E-state index in [-0.39, 0.29) is 17.1 Å². The number of fused-ring (bicyclic) bond motifs is 1. The second-order valence-electron chi connectivity index (χ2n) is 8.20. The quantitative estimate of drug-likeness (QED) is 0.711. The van der Waals surface area contributed by atoms with Crippen molar-refractivity contribution in [3.05, 3.63) is 47.5 Å². The Labute approximate surface area is 158 Å². The fourth-order valence-electron chi connectivity index (χ4n) is 2.87. The first-order valence-corrected chi connectivity index (χ1v) is 9.05. The second-order valence-corrected chi connectivity index (χ2v) is 8.20. The number of rotatable bonds is 4. The van der Waals surface area contributed by atoms with Gasteiger partial charge >= 0.3 is 0 Å². The van der Waals surface area contributed by atoms with Crippen LogP contribution in [0.1, 0.15) is 44.7 Å². The number of aryl methyl sites for hydroxylation is 2. The highest BCUT2D eigenvalue weighted by molar-refractivity contribution is 5.97. The van der Waals surface area contributed by atoms with Gasteiger partial charge in [-0.15, -0.1) is 5.10 Å². The molecule has 3 rings (SSSR count). The number of anilines is 1. The summed E-state index contributed by atoms with van der Waals surface area (Å²) in [6.45, 7) is 9.95. The van der Waals surface area contributed by atoms with Crippen molar-refractivity contribution in [3.8, 4) is 11.1 Å². The summed E-state index contributed by atoms with van der Waals surface area (Å²) < 4.78 is 15.4. The smallest absolute Gasteiger partial charge is 0.225 e. The SMILES string of the molecule is Cc1cnc2c(-c3ccc(F)c(C)c3)c(NC(=O)CCC(C)(C)C)nn2c1. The molecule has 0 spiro atoms. The highest BCUT2D eigenvalue weighted by Crippen LogP contribution is 2.32. The van der Waals surface area contributed by atoms with Gasteiger partial charge in [-0.1, -0.05) is 26.8 Å². The van der Waals surface area contributed by atoms with E-state index in [9.17, 15) is 9.18 Å². The lowest BCUT2D eigenvalue weighted by Crippen LogP contribution is -2.16. The van der Waals surface area contributed by atoms with Crippen LogP contribution in [0.2, 0.25) is 0 Å². The van der Waals surface area contributed by atoms with E-state index in [2.05, 4.69) is 36.2 Å². The summed E-state index contributed by atoms with van der Waals surface area (Å²) in [4.78, 5) is 16.9. The number of nitrogens with zero attached hydrogens (tertiary/aromatic N) is 3. The molecule has 0 atom stereocenters. The van der Waals surface area contributed by atoms with E-state index in [0.29, 0.717) is 29.0 Å². The van der Waals surface area contributed by atoms with Crippen LogP contribution in [0, 0.1) is 25.1 Å². The Morgan fingerprint density at radius 3 is 2.67 bits per heavy atom. The fraction of sp³-hybridized carbons (Fsp3) is 0.381. The fourth-order valence-corrected chi connectivity index (χ4v) is 2.87. The van der Waals surface area contributed by atoms with Crippen molar-refractivity contribution in [1.82, 2.24) is 14.6 Å². The molecule has 142 valence electrons. The Morgan fingerprint density at radius 1 is 1.26 bits per heavy atom. The molecule has 0 saturated carbocycles. The molecule has 0 aliphatic carbocycles. The first-order valence-electron chi connectivity index (χ1n) is 9.05. The maximum absolute atomic E-state index is 13.7. The molecule has 0 fully saturated rings. The third-order valence-corrected chi connectivity index (χ3v) is 4.41. The highest BCUT2D eigenvalue weighted by atomic mass is 19.1. The molecule has 0 aliphatic heterocycles. The summed E-state index contributed by atoms with van der Waals surface area (Å²) in [5.41, 5.74) is 3.65. The van der Waals surface area contributed by atoms with Crippen LogP contribution in [-0.4, -0.2) is 20.5 Å². The highest BCUT2D eigenvalue weighted by Gasteiger charge is 2.20. The number of hydrogen-bond donors (Lipinski definition) is 1. The lowest BCUT2D eigenvalue weighted by molar-refractivity contribution is -0.116. The van der Waals surface area contributed by atoms with Crippen LogP contribution in [-0.2, 0) is 4.79 Å². The number of nitrogens with one attached hydrogen (secondary N) is 1. The monoisotopic (exact) mass is 368 g/mol. The molecule has 3 aromatic rings. The van der Waals surface area contributed by atoms with Crippen molar-refractivity contribution < 1.29 is 9.18 Å². The van der Waals surface area contributed by atoms with Crippen molar-refractivity contribution in [2.24, 2.45) is 5.41 Å². The summed E-state index contributed by atoms with van der Waals surface area (Å²) in [5.74, 6) is 0.0814. The number of carbonyl (C=O) groups excluding carboxylic acids is 1. The minimum Gasteiger partial charge on any atom is -0.309 e. The number of aromatic nitrogens is 3. The molecule has 0 aliphatic rings. The first-order chi connectivity index (χ1) is 12.6. The summed E-state index contributed by atoms with van der Waals surface area (Å²) >= 11 is 0. The van der Waals surface area contributed by atoms with E-state index < -0.39 is 0 Å². The third-order valence-electron chi connectivity index (χ3n) is 4.41. The van der Waals surface area contributed by atoms with Crippen LogP contribution < -0.4 is 5.32 Å². The molecular weight excluding hydrogens is 343 g/mol. The Kier molecular flexibility index (Phi) is 5.00. The minimum atomic E-state index is -0.269. The van der Waals surface area contributed by atoms with E-state index in [0.717, 1.165) is 17.5 Å². The maximum Gasteiger partial charge on any atom is 0.225 e. The van der Waals surface area contributed by atoms with Gasteiger partial charge in [0.1, 0.15) is 5.82 Å². The number of amides is 1. The molecule has 27 heavy (non-hydrogen) atoms. The molecule has 2 aromatic heterocycles. The van der Waals surface area contributed by atoms with Gasteiger partial charge in [0.15, 0.2) is 11.5 Å². The van der Waals surface area contributed by atoms with Gasteiger partial charge in [0, 0.05) is 18.8 Å². The summed E-state index contributed by atoms with van der Waals surface area (Å²) in [5, 5.41) is 7.43. The Hall–Kier alpha value is -2.76. The maximum atomic E-state index is 13.7. The molecule has 5 nitrogen and oxygen atoms in total. The predicted octanol–water partition coefficient (Wildman–Crippen LogP) is 4.92. The van der Waals surface area contributed by atoms with Gasteiger partial charge in [0.25, 0.3) is 0 Å². The predicted molar refractivity (Wildman–Crippen MR) is 105 cm³/mol. The third kappa shape index (κ3) is 4.32. The molecule has 1 N–H and O–H groups in total. The van der Waals surface area contributed by atoms with Gasteiger partial charge < -0.3 is 5.32 Å². The van der Waals surface area contributed by atoms with Gasteiger partial charge in [-0.05, 0) is 54.5 Å². The first kappa shape index (κ1) is 19.0. The van der Waals surface area contributed by atoms with Crippen LogP contribution in [0.4, 0.5) is 10.2 Å². The Morgan fingerprint density at radius 2 is 2.00 bits per heavy atom. The van der Waals surface area contributed by atoms with Crippen molar-refractivity contribution in [3.63, 3.8) is 0 Å². The van der Waals surface area contributed by atoms with Crippen LogP contribution in [0.25, 0.3) is 16.8 Å². The molecular formula is C21H25FN4O. The number of carbonyl (C=O) groups is 1. The van der Waals surface area contributed by atoms with E-state index >= 15 is 0 Å². The Balaban J connectivity index is 2.03. The number of halogens is 1. The van der Waals surface area contributed by atoms with E-state index in [4.69, 9.17) is 0 Å². The lowest BCUT2D eigenvalue weighted by Gasteiger charge is -2.17. The zero-order valence-corrected chi connectivity index (χ0v) is 16.4. The molecule has 0 bridgehead atoms. The zero-order chi connectivity index (χ0) is 19.8. The van der Waals surface area contributed by atoms with E-state index in [1.807, 2.05) is 13.1 Å². The number of hydrogen-bond acceptors (Lipinski definition) is 3. The van der Waals surface area contributed by atoms with E-state index in [1.165, 1.54) is 6.07 Å². The Bertz CT molecular complexity index is 1000. The molecule has 0 unspecified atom stereocenters. The van der Waals surface area contributed by atoms with Gasteiger partial charge in [0.05, 0.1) is 5.56 Å². The second kappa shape index (κ2) is 7.10. The van der Waals surface area contributed by atoms with E-state index in [1.54, 1.807) is 29.8 Å². The summed E-state index contributed by atoms with van der Waals surface area (Å²) in [6, 6.07) is 4.86. The molecule has 0 saturated heterocycles. The molecule has 0 radical (unpaired) electrons. The summed E-state index contributed by atoms with van der Waals surface area (Å²) in [7, 11) is 0. The topological polar surface area (TPSA) is 59.3 Å². The van der Waals surface area contributed by atoms with Crippen molar-refractivity contribution >= 4 is 17.4 Å². The normalized spacial score (nSPS) is 11.8. The largest absolute Gasteiger partial charge is 0.309 e. The van der Waals surface area contributed by atoms with Gasteiger partial charge in [-0.25, -0.2) is 13.9 Å². The standard InChI is InChI=1S/C21H25FN4O/c1-13-11-23-20-18(15-6-7-16(22)14(2)10-15)19(25-26(20)12-13)24-17(27)8-9-21(3,4)5/h6-7,10-12H,8-9H2,1-5H3,(H,24,25,27). The van der Waals surface area contributed by atoms with Gasteiger partial charge in [-0.2, -0.15) is 0 Å². The van der Waals surface area contributed by atoms with Crippen molar-refractivity contribution in [2.45, 2.75) is 47.5 Å². The van der Waals surface area contributed by atoms with Gasteiger partial charge in [-0.3, -0.25) is 4.79 Å². The van der Waals surface area contributed by atoms with Crippen LogP contribution >= 0.6 is 0 Å². The molecule has 2 heterocycles. The minimum absolute atomic E-state index is 0.0752.